The standard InChI is InChI=1S/C47H47BrN6O9S/c48-32-17-13-30(14-18-32)23-36-43(58)51-35(22-28-8-3-1-4-9-28)42(57)52-37(44(59)54-39(47(62)63)25-29-10-5-2-6-11-29)24-31-15-19-33(20-16-31)49-46(61)40(55)27-41(56)50-38(45(60)53-36)26-34-12-7-21-64-34/h1-21,35-40,55H,22-27H2,(H,49,61)(H,50,56)(H,51,58)(H,52,57)(H,53,60)(H,54,59)(H,62,63)/t35-,36+,37-,38-,39-,40+/m0/s1. The number of carbonyl (C=O) groups is 7. The quantitative estimate of drug-likeness (QED) is 0.0908. The van der Waals surface area contributed by atoms with Crippen LogP contribution in [0.4, 0.5) is 5.69 Å². The highest BCUT2D eigenvalue weighted by molar-refractivity contribution is 9.10. The molecule has 0 radical (unpaired) electrons. The number of nitrogens with one attached hydrogen (secondary N) is 6. The average Bonchev–Trinajstić information content (AvgIpc) is 3.80. The predicted molar refractivity (Wildman–Crippen MR) is 243 cm³/mol. The van der Waals surface area contributed by atoms with Crippen molar-refractivity contribution in [3.05, 3.63) is 158 Å². The van der Waals surface area contributed by atoms with Crippen molar-refractivity contribution >= 4 is 74.4 Å². The Balaban J connectivity index is 1.37. The van der Waals surface area contributed by atoms with Gasteiger partial charge < -0.3 is 42.1 Å². The SMILES string of the molecule is O=C1C[C@@H](O)C(=O)Nc2ccc(cc2)C[C@@H](C(=O)N[C@@H](Cc2ccccc2)C(=O)O)NC(=O)[C@H](Cc2ccccc2)NC(=O)[C@@H](Cc2ccc(Br)cc2)NC(=O)[C@H](Cc2cccs2)N1. The Morgan fingerprint density at radius 3 is 1.78 bits per heavy atom. The van der Waals surface area contributed by atoms with Crippen LogP contribution in [0.25, 0.3) is 0 Å². The van der Waals surface area contributed by atoms with Crippen LogP contribution in [0.3, 0.4) is 0 Å². The van der Waals surface area contributed by atoms with Crippen molar-refractivity contribution < 1.29 is 43.8 Å². The van der Waals surface area contributed by atoms with Crippen LogP contribution in [0, 0.1) is 0 Å². The first-order valence-electron chi connectivity index (χ1n) is 20.5. The van der Waals surface area contributed by atoms with E-state index in [-0.39, 0.29) is 37.8 Å². The molecule has 64 heavy (non-hydrogen) atoms. The number of fused-ring (bicyclic) bond motifs is 18. The van der Waals surface area contributed by atoms with E-state index in [1.54, 1.807) is 115 Å². The summed E-state index contributed by atoms with van der Waals surface area (Å²) in [6.45, 7) is 0. The predicted octanol–water partition coefficient (Wildman–Crippen LogP) is 3.24. The average molecular weight is 952 g/mol. The largest absolute Gasteiger partial charge is 0.480 e. The Labute approximate surface area is 381 Å². The minimum atomic E-state index is -1.81. The van der Waals surface area contributed by atoms with Crippen molar-refractivity contribution in [2.45, 2.75) is 74.8 Å². The number of anilines is 1. The summed E-state index contributed by atoms with van der Waals surface area (Å²) < 4.78 is 0.773. The number of carboxylic acid groups (broad SMARTS) is 1. The van der Waals surface area contributed by atoms with E-state index in [0.717, 1.165) is 9.35 Å². The minimum absolute atomic E-state index is 0.0209. The van der Waals surface area contributed by atoms with Crippen LogP contribution in [0.15, 0.2) is 131 Å². The Hall–Kier alpha value is -6.69. The molecule has 4 aromatic carbocycles. The molecule has 2 bridgehead atoms. The number of halogens is 1. The zero-order chi connectivity index (χ0) is 45.6. The molecule has 1 aromatic heterocycles. The molecule has 0 saturated carbocycles. The molecule has 6 atom stereocenters. The molecule has 2 aliphatic heterocycles. The van der Waals surface area contributed by atoms with Gasteiger partial charge in [0, 0.05) is 47.1 Å². The number of aliphatic hydroxyl groups excluding tert-OH is 1. The molecule has 2 aliphatic rings. The lowest BCUT2D eigenvalue weighted by Gasteiger charge is -2.27. The molecular weight excluding hydrogens is 905 g/mol. The van der Waals surface area contributed by atoms with E-state index in [4.69, 9.17) is 0 Å². The monoisotopic (exact) mass is 950 g/mol. The van der Waals surface area contributed by atoms with Gasteiger partial charge >= 0.3 is 5.97 Å². The van der Waals surface area contributed by atoms with Crippen molar-refractivity contribution in [1.82, 2.24) is 26.6 Å². The molecule has 7 rings (SSSR count). The summed E-state index contributed by atoms with van der Waals surface area (Å²) in [6.07, 6.45) is -2.74. The van der Waals surface area contributed by atoms with Crippen molar-refractivity contribution in [2.75, 3.05) is 5.32 Å². The Bertz CT molecular complexity index is 2400. The summed E-state index contributed by atoms with van der Waals surface area (Å²) in [5, 5.41) is 38.8. The fourth-order valence-electron chi connectivity index (χ4n) is 7.02. The summed E-state index contributed by atoms with van der Waals surface area (Å²) in [4.78, 5) is 97.0. The molecule has 3 heterocycles. The van der Waals surface area contributed by atoms with Gasteiger partial charge in [0.25, 0.3) is 5.91 Å². The third kappa shape index (κ3) is 13.9. The van der Waals surface area contributed by atoms with Gasteiger partial charge in [-0.2, -0.15) is 0 Å². The van der Waals surface area contributed by atoms with Crippen LogP contribution in [0.5, 0.6) is 0 Å². The van der Waals surface area contributed by atoms with Gasteiger partial charge in [0.2, 0.25) is 29.5 Å². The second kappa shape index (κ2) is 22.6. The molecule has 0 saturated heterocycles. The zero-order valence-corrected chi connectivity index (χ0v) is 36.8. The number of carboxylic acids is 1. The van der Waals surface area contributed by atoms with Gasteiger partial charge in [-0.25, -0.2) is 4.79 Å². The Morgan fingerprint density at radius 2 is 1.20 bits per heavy atom. The maximum Gasteiger partial charge on any atom is 0.326 e. The lowest BCUT2D eigenvalue weighted by atomic mass is 10.00. The second-order valence-corrected chi connectivity index (χ2v) is 17.3. The van der Waals surface area contributed by atoms with Gasteiger partial charge in [0.1, 0.15) is 36.3 Å². The molecule has 15 nitrogen and oxygen atoms in total. The third-order valence-corrected chi connectivity index (χ3v) is 11.8. The molecule has 6 amide bonds. The van der Waals surface area contributed by atoms with E-state index < -0.39 is 84.1 Å². The van der Waals surface area contributed by atoms with Crippen LogP contribution in [-0.4, -0.2) is 87.9 Å². The molecule has 5 aromatic rings. The second-order valence-electron chi connectivity index (χ2n) is 15.3. The van der Waals surface area contributed by atoms with Crippen molar-refractivity contribution in [3.8, 4) is 0 Å². The molecular formula is C47H47BrN6O9S. The van der Waals surface area contributed by atoms with Crippen molar-refractivity contribution in [3.63, 3.8) is 0 Å². The number of carbonyl (C=O) groups excluding carboxylic acids is 6. The van der Waals surface area contributed by atoms with E-state index >= 15 is 0 Å². The van der Waals surface area contributed by atoms with Gasteiger partial charge in [-0.3, -0.25) is 28.8 Å². The smallest absolute Gasteiger partial charge is 0.326 e. The van der Waals surface area contributed by atoms with E-state index in [1.807, 2.05) is 0 Å². The fourth-order valence-corrected chi connectivity index (χ4v) is 8.04. The Morgan fingerprint density at radius 1 is 0.641 bits per heavy atom. The van der Waals surface area contributed by atoms with Gasteiger partial charge in [0.15, 0.2) is 0 Å². The lowest BCUT2D eigenvalue weighted by Crippen LogP contribution is -2.60. The molecule has 0 unspecified atom stereocenters. The van der Waals surface area contributed by atoms with E-state index in [2.05, 4.69) is 47.8 Å². The van der Waals surface area contributed by atoms with Crippen LogP contribution >= 0.6 is 27.3 Å². The van der Waals surface area contributed by atoms with Gasteiger partial charge in [-0.05, 0) is 58.0 Å². The van der Waals surface area contributed by atoms with Crippen LogP contribution < -0.4 is 31.9 Å². The normalized spacial score (nSPS) is 20.6. The number of hydrogen-bond donors (Lipinski definition) is 8. The molecule has 0 aliphatic carbocycles. The Kier molecular flexibility index (Phi) is 16.5. The highest BCUT2D eigenvalue weighted by Crippen LogP contribution is 2.17. The van der Waals surface area contributed by atoms with Crippen LogP contribution in [-0.2, 0) is 65.7 Å². The topological polar surface area (TPSA) is 232 Å². The molecule has 332 valence electrons. The third-order valence-electron chi connectivity index (χ3n) is 10.4. The number of aliphatic carboxylic acids is 1. The van der Waals surface area contributed by atoms with E-state index in [9.17, 15) is 43.8 Å². The summed E-state index contributed by atoms with van der Waals surface area (Å²) in [5.41, 5.74) is 2.71. The van der Waals surface area contributed by atoms with Gasteiger partial charge in [-0.1, -0.05) is 107 Å². The summed E-state index contributed by atoms with van der Waals surface area (Å²) >= 11 is 4.75. The maximum atomic E-state index is 14.5. The highest BCUT2D eigenvalue weighted by Gasteiger charge is 2.34. The fraction of sp³-hybridized carbons (Fsp3) is 0.255. The molecule has 0 fully saturated rings. The van der Waals surface area contributed by atoms with Crippen LogP contribution in [0.2, 0.25) is 0 Å². The summed E-state index contributed by atoms with van der Waals surface area (Å²) in [5.74, 6) is -6.07. The maximum absolute atomic E-state index is 14.5. The molecule has 0 spiro atoms. The number of aliphatic hydroxyl groups is 1. The zero-order valence-electron chi connectivity index (χ0n) is 34.4. The first-order valence-corrected chi connectivity index (χ1v) is 22.1. The van der Waals surface area contributed by atoms with Gasteiger partial charge in [0.05, 0.1) is 6.42 Å². The number of amides is 6. The number of rotatable bonds is 11. The first-order chi connectivity index (χ1) is 30.8. The van der Waals surface area contributed by atoms with E-state index in [1.165, 1.54) is 23.5 Å². The van der Waals surface area contributed by atoms with Crippen LogP contribution in [0.1, 0.15) is 33.6 Å². The van der Waals surface area contributed by atoms with Crippen molar-refractivity contribution in [1.29, 1.82) is 0 Å². The lowest BCUT2D eigenvalue weighted by molar-refractivity contribution is -0.142. The molecule has 8 N–H and O–H groups in total. The van der Waals surface area contributed by atoms with Gasteiger partial charge in [-0.15, -0.1) is 11.3 Å². The van der Waals surface area contributed by atoms with E-state index in [0.29, 0.717) is 22.3 Å². The highest BCUT2D eigenvalue weighted by atomic mass is 79.9. The number of thiophene rings is 1. The first kappa shape index (κ1) is 46.8. The summed E-state index contributed by atoms with van der Waals surface area (Å²) in [6, 6.07) is 27.7. The number of benzene rings is 4. The number of hydrogen-bond acceptors (Lipinski definition) is 9. The molecule has 17 heteroatoms. The minimum Gasteiger partial charge on any atom is -0.480 e. The van der Waals surface area contributed by atoms with Crippen molar-refractivity contribution in [2.24, 2.45) is 0 Å². The summed E-state index contributed by atoms with van der Waals surface area (Å²) in [7, 11) is 0.